The smallest absolute Gasteiger partial charge is 0.319 e. The van der Waals surface area contributed by atoms with Crippen molar-refractivity contribution in [3.8, 4) is 0 Å². The van der Waals surface area contributed by atoms with Gasteiger partial charge in [-0.3, -0.25) is 0 Å². The van der Waals surface area contributed by atoms with Gasteiger partial charge in [0.15, 0.2) is 0 Å². The van der Waals surface area contributed by atoms with Crippen LogP contribution in [0.4, 0.5) is 10.5 Å². The molecule has 0 bridgehead atoms. The van der Waals surface area contributed by atoms with Crippen molar-refractivity contribution >= 4 is 23.5 Å². The van der Waals surface area contributed by atoms with E-state index in [0.29, 0.717) is 26.4 Å². The molecule has 1 aliphatic rings. The molecular formula is C20H24N2O3S. The number of urea groups is 1. The molecule has 26 heavy (non-hydrogen) atoms. The third kappa shape index (κ3) is 5.76. The Hall–Kier alpha value is -2.02. The minimum absolute atomic E-state index is 0.0827. The van der Waals surface area contributed by atoms with Crippen LogP contribution in [0.25, 0.3) is 0 Å². The van der Waals surface area contributed by atoms with E-state index < -0.39 is 0 Å². The average molecular weight is 372 g/mol. The second-order valence-electron chi connectivity index (χ2n) is 6.17. The van der Waals surface area contributed by atoms with Crippen LogP contribution in [0.15, 0.2) is 53.4 Å². The first-order valence-electron chi connectivity index (χ1n) is 8.72. The zero-order valence-electron chi connectivity index (χ0n) is 14.9. The lowest BCUT2D eigenvalue weighted by molar-refractivity contribution is -0.0852. The predicted molar refractivity (Wildman–Crippen MR) is 105 cm³/mol. The van der Waals surface area contributed by atoms with Gasteiger partial charge in [0.1, 0.15) is 0 Å². The van der Waals surface area contributed by atoms with Gasteiger partial charge in [-0.1, -0.05) is 42.0 Å². The van der Waals surface area contributed by atoms with Crippen molar-refractivity contribution in [2.24, 2.45) is 0 Å². The highest BCUT2D eigenvalue weighted by molar-refractivity contribution is 7.98. The molecule has 1 unspecified atom stereocenters. The van der Waals surface area contributed by atoms with Crippen molar-refractivity contribution in [3.63, 3.8) is 0 Å². The summed E-state index contributed by atoms with van der Waals surface area (Å²) >= 11 is 1.71. The van der Waals surface area contributed by atoms with Crippen molar-refractivity contribution in [1.82, 2.24) is 5.32 Å². The molecule has 2 aromatic carbocycles. The van der Waals surface area contributed by atoms with Crippen LogP contribution in [0.1, 0.15) is 11.1 Å². The fraction of sp³-hybridized carbons (Fsp3) is 0.350. The molecule has 1 heterocycles. The number of benzene rings is 2. The summed E-state index contributed by atoms with van der Waals surface area (Å²) in [4.78, 5) is 13.2. The van der Waals surface area contributed by atoms with Crippen LogP contribution in [-0.2, 0) is 15.2 Å². The maximum Gasteiger partial charge on any atom is 0.319 e. The third-order valence-corrected chi connectivity index (χ3v) is 5.17. The number of rotatable bonds is 6. The number of carbonyl (C=O) groups is 1. The van der Waals surface area contributed by atoms with Gasteiger partial charge in [0.05, 0.1) is 31.6 Å². The number of hydrogen-bond donors (Lipinski definition) is 2. The van der Waals surface area contributed by atoms with E-state index in [1.807, 2.05) is 24.3 Å². The van der Waals surface area contributed by atoms with E-state index in [1.54, 1.807) is 11.8 Å². The Morgan fingerprint density at radius 1 is 1.15 bits per heavy atom. The van der Waals surface area contributed by atoms with Crippen LogP contribution >= 0.6 is 11.8 Å². The number of nitrogens with one attached hydrogen (secondary N) is 2. The van der Waals surface area contributed by atoms with E-state index in [1.165, 1.54) is 11.1 Å². The molecule has 5 nitrogen and oxygen atoms in total. The average Bonchev–Trinajstić information content (AvgIpc) is 2.68. The van der Waals surface area contributed by atoms with E-state index in [2.05, 4.69) is 41.8 Å². The van der Waals surface area contributed by atoms with Crippen molar-refractivity contribution in [1.29, 1.82) is 0 Å². The minimum Gasteiger partial charge on any atom is -0.376 e. The van der Waals surface area contributed by atoms with Crippen LogP contribution in [0.3, 0.4) is 0 Å². The molecular weight excluding hydrogens is 348 g/mol. The molecule has 1 saturated heterocycles. The summed E-state index contributed by atoms with van der Waals surface area (Å²) in [6.07, 6.45) is -0.0827. The fourth-order valence-corrected chi connectivity index (χ4v) is 3.53. The maximum atomic E-state index is 12.2. The van der Waals surface area contributed by atoms with Crippen molar-refractivity contribution in [2.45, 2.75) is 23.7 Å². The second kappa shape index (κ2) is 9.62. The molecule has 0 aromatic heterocycles. The molecule has 1 atom stereocenters. The van der Waals surface area contributed by atoms with Gasteiger partial charge in [0, 0.05) is 17.2 Å². The number of carbonyl (C=O) groups excluding carboxylic acids is 1. The van der Waals surface area contributed by atoms with E-state index in [4.69, 9.17) is 9.47 Å². The van der Waals surface area contributed by atoms with Crippen molar-refractivity contribution in [2.75, 3.05) is 31.7 Å². The first-order chi connectivity index (χ1) is 12.7. The molecule has 0 radical (unpaired) electrons. The lowest BCUT2D eigenvalue weighted by atomic mass is 10.2. The Morgan fingerprint density at radius 2 is 1.96 bits per heavy atom. The van der Waals surface area contributed by atoms with Gasteiger partial charge in [-0.15, -0.1) is 11.8 Å². The SMILES string of the molecule is Cc1ccc(CSc2ccccc2NC(=O)NCC2COCCO2)cc1. The first kappa shape index (κ1) is 18.8. The largest absolute Gasteiger partial charge is 0.376 e. The Kier molecular flexibility index (Phi) is 6.94. The Balaban J connectivity index is 1.52. The van der Waals surface area contributed by atoms with Gasteiger partial charge in [-0.25, -0.2) is 4.79 Å². The first-order valence-corrected chi connectivity index (χ1v) is 9.71. The van der Waals surface area contributed by atoms with E-state index in [-0.39, 0.29) is 12.1 Å². The molecule has 1 fully saturated rings. The monoisotopic (exact) mass is 372 g/mol. The quantitative estimate of drug-likeness (QED) is 0.757. The molecule has 1 aliphatic heterocycles. The van der Waals surface area contributed by atoms with Gasteiger partial charge in [0.2, 0.25) is 0 Å². The molecule has 2 N–H and O–H groups in total. The minimum atomic E-state index is -0.234. The van der Waals surface area contributed by atoms with Gasteiger partial charge < -0.3 is 20.1 Å². The standard InChI is InChI=1S/C20H24N2O3S/c1-15-6-8-16(9-7-15)14-26-19-5-3-2-4-18(19)22-20(23)21-12-17-13-24-10-11-25-17/h2-9,17H,10-14H2,1H3,(H2,21,22,23). The summed E-state index contributed by atoms with van der Waals surface area (Å²) in [6, 6.07) is 16.1. The summed E-state index contributed by atoms with van der Waals surface area (Å²) in [5.74, 6) is 0.855. The summed E-state index contributed by atoms with van der Waals surface area (Å²) in [6.45, 7) is 4.23. The van der Waals surface area contributed by atoms with Crippen LogP contribution in [0.2, 0.25) is 0 Å². The van der Waals surface area contributed by atoms with E-state index in [0.717, 1.165) is 16.3 Å². The summed E-state index contributed by atoms with van der Waals surface area (Å²) < 4.78 is 10.9. The highest BCUT2D eigenvalue weighted by atomic mass is 32.2. The number of ether oxygens (including phenoxy) is 2. The summed E-state index contributed by atoms with van der Waals surface area (Å²) in [5, 5.41) is 5.77. The van der Waals surface area contributed by atoms with Crippen molar-refractivity contribution < 1.29 is 14.3 Å². The molecule has 3 rings (SSSR count). The zero-order chi connectivity index (χ0) is 18.2. The van der Waals surface area contributed by atoms with Gasteiger partial charge >= 0.3 is 6.03 Å². The fourth-order valence-electron chi connectivity index (χ4n) is 2.57. The van der Waals surface area contributed by atoms with Gasteiger partial charge in [-0.05, 0) is 24.6 Å². The van der Waals surface area contributed by atoms with Crippen LogP contribution in [0, 0.1) is 6.92 Å². The van der Waals surface area contributed by atoms with Crippen molar-refractivity contribution in [3.05, 3.63) is 59.7 Å². The zero-order valence-corrected chi connectivity index (χ0v) is 15.7. The maximum absolute atomic E-state index is 12.2. The Bertz CT molecular complexity index is 715. The summed E-state index contributed by atoms with van der Waals surface area (Å²) in [5.41, 5.74) is 3.32. The molecule has 0 saturated carbocycles. The highest BCUT2D eigenvalue weighted by Gasteiger charge is 2.15. The molecule has 0 spiro atoms. The number of hydrogen-bond acceptors (Lipinski definition) is 4. The lowest BCUT2D eigenvalue weighted by Gasteiger charge is -2.23. The number of thioether (sulfide) groups is 1. The molecule has 138 valence electrons. The third-order valence-electron chi connectivity index (χ3n) is 4.03. The van der Waals surface area contributed by atoms with E-state index in [9.17, 15) is 4.79 Å². The molecule has 6 heteroatoms. The number of anilines is 1. The number of para-hydroxylation sites is 1. The highest BCUT2D eigenvalue weighted by Crippen LogP contribution is 2.29. The Morgan fingerprint density at radius 3 is 2.73 bits per heavy atom. The lowest BCUT2D eigenvalue weighted by Crippen LogP contribution is -2.41. The molecule has 0 aliphatic carbocycles. The second-order valence-corrected chi connectivity index (χ2v) is 7.19. The number of amides is 2. The number of aryl methyl sites for hydroxylation is 1. The molecule has 2 amide bonds. The Labute approximate surface area is 158 Å². The summed E-state index contributed by atoms with van der Waals surface area (Å²) in [7, 11) is 0. The molecule has 2 aromatic rings. The predicted octanol–water partition coefficient (Wildman–Crippen LogP) is 3.82. The van der Waals surface area contributed by atoms with E-state index >= 15 is 0 Å². The normalized spacial score (nSPS) is 16.9. The topological polar surface area (TPSA) is 59.6 Å². The van der Waals surface area contributed by atoms with Crippen LogP contribution in [0.5, 0.6) is 0 Å². The van der Waals surface area contributed by atoms with Crippen LogP contribution in [-0.4, -0.2) is 38.5 Å². The van der Waals surface area contributed by atoms with Crippen LogP contribution < -0.4 is 10.6 Å². The van der Waals surface area contributed by atoms with Gasteiger partial charge in [-0.2, -0.15) is 0 Å². The van der Waals surface area contributed by atoms with Gasteiger partial charge in [0.25, 0.3) is 0 Å².